The maximum absolute atomic E-state index is 13.8. The van der Waals surface area contributed by atoms with E-state index in [1.165, 1.54) is 0 Å². The molecule has 41 heavy (non-hydrogen) atoms. The molecular weight excluding hydrogens is 518 g/mol. The fourth-order valence-corrected chi connectivity index (χ4v) is 6.42. The molecule has 3 fully saturated rings. The number of carbonyl (C=O) groups excluding carboxylic acids is 1. The number of ether oxygens (including phenoxy) is 2. The van der Waals surface area contributed by atoms with Crippen LogP contribution >= 0.6 is 0 Å². The number of hydrogen-bond acceptors (Lipinski definition) is 7. The molecule has 3 aliphatic rings. The molecule has 0 unspecified atom stereocenters. The number of morpholine rings is 1. The lowest BCUT2D eigenvalue weighted by Crippen LogP contribution is -2.62. The summed E-state index contributed by atoms with van der Waals surface area (Å²) < 4.78 is 11.2. The number of allylic oxidation sites excluding steroid dienone is 1. The number of carbonyl (C=O) groups is 1. The van der Waals surface area contributed by atoms with E-state index < -0.39 is 0 Å². The van der Waals surface area contributed by atoms with Crippen molar-refractivity contribution in [3.05, 3.63) is 44.7 Å². The molecule has 0 atom stereocenters. The highest BCUT2D eigenvalue weighted by atomic mass is 16.5. The number of anilines is 1. The van der Waals surface area contributed by atoms with Gasteiger partial charge in [0, 0.05) is 55.4 Å². The molecule has 0 bridgehead atoms. The fraction of sp³-hybridized carbons (Fsp3) is 0.625. The Hall–Kier alpha value is -2.72. The van der Waals surface area contributed by atoms with E-state index in [2.05, 4.69) is 39.4 Å². The zero-order valence-electron chi connectivity index (χ0n) is 25.2. The minimum Gasteiger partial charge on any atom is -0.381 e. The van der Waals surface area contributed by atoms with Gasteiger partial charge in [-0.3, -0.25) is 14.5 Å². The van der Waals surface area contributed by atoms with Crippen molar-refractivity contribution in [2.75, 3.05) is 71.5 Å². The maximum atomic E-state index is 13.8. The van der Waals surface area contributed by atoms with Crippen LogP contribution in [0.15, 0.2) is 22.5 Å². The Bertz CT molecular complexity index is 1320. The van der Waals surface area contributed by atoms with Gasteiger partial charge in [0.05, 0.1) is 30.0 Å². The van der Waals surface area contributed by atoms with Crippen LogP contribution in [0.5, 0.6) is 0 Å². The first kappa shape index (κ1) is 29.8. The van der Waals surface area contributed by atoms with Crippen molar-refractivity contribution in [3.63, 3.8) is 0 Å². The standard InChI is InChI=1S/C32H47N5O4/c1-5-22(2)18-27-29(34-24-6-14-40-15-7-24)26-20-25(23(3)19-28(26)35-31(27)39)30(38)33-21-32(8-10-36(4)11-9-32)37-12-16-41-17-13-37/h18-20,24H,5-17,21H2,1-4H3,(H,33,38)(H2,34,35,39)/b22-18-. The zero-order chi connectivity index (χ0) is 29.0. The van der Waals surface area contributed by atoms with E-state index in [9.17, 15) is 9.59 Å². The molecule has 4 heterocycles. The Balaban J connectivity index is 1.48. The van der Waals surface area contributed by atoms with Crippen molar-refractivity contribution in [1.29, 1.82) is 0 Å². The summed E-state index contributed by atoms with van der Waals surface area (Å²) in [7, 11) is 2.17. The number of nitrogens with one attached hydrogen (secondary N) is 3. The van der Waals surface area contributed by atoms with Gasteiger partial charge in [0.1, 0.15) is 0 Å². The highest BCUT2D eigenvalue weighted by Gasteiger charge is 2.40. The van der Waals surface area contributed by atoms with Gasteiger partial charge in [-0.05, 0) is 89.9 Å². The Morgan fingerprint density at radius 3 is 2.46 bits per heavy atom. The SMILES string of the molecule is CC/C(C)=C\c1c(NC2CCOCC2)c2cc(C(=O)NCC3(N4CCOCC4)CCN(C)CC3)c(C)cc2[nH]c1=O. The number of likely N-dealkylation sites (tertiary alicyclic amines) is 1. The van der Waals surface area contributed by atoms with Crippen molar-refractivity contribution < 1.29 is 14.3 Å². The largest absolute Gasteiger partial charge is 0.381 e. The van der Waals surface area contributed by atoms with E-state index in [-0.39, 0.29) is 23.0 Å². The van der Waals surface area contributed by atoms with Gasteiger partial charge in [0.15, 0.2) is 0 Å². The molecule has 3 aliphatic heterocycles. The van der Waals surface area contributed by atoms with E-state index in [4.69, 9.17) is 9.47 Å². The van der Waals surface area contributed by atoms with Gasteiger partial charge >= 0.3 is 0 Å². The Morgan fingerprint density at radius 1 is 1.10 bits per heavy atom. The summed E-state index contributed by atoms with van der Waals surface area (Å²) in [5.41, 5.74) is 4.60. The molecule has 224 valence electrons. The monoisotopic (exact) mass is 565 g/mol. The van der Waals surface area contributed by atoms with Crippen LogP contribution in [0, 0.1) is 6.92 Å². The van der Waals surface area contributed by atoms with Gasteiger partial charge in [-0.15, -0.1) is 0 Å². The Kier molecular flexibility index (Phi) is 9.49. The second-order valence-electron chi connectivity index (χ2n) is 12.1. The quantitative estimate of drug-likeness (QED) is 0.448. The van der Waals surface area contributed by atoms with E-state index in [0.29, 0.717) is 30.9 Å². The Morgan fingerprint density at radius 2 is 1.78 bits per heavy atom. The summed E-state index contributed by atoms with van der Waals surface area (Å²) >= 11 is 0. The summed E-state index contributed by atoms with van der Waals surface area (Å²) in [6, 6.07) is 4.11. The molecule has 5 rings (SSSR count). The predicted molar refractivity (Wildman–Crippen MR) is 165 cm³/mol. The topological polar surface area (TPSA) is 98.9 Å². The number of pyridine rings is 1. The normalized spacial score (nSPS) is 21.2. The molecular formula is C32H47N5O4. The lowest BCUT2D eigenvalue weighted by Gasteiger charge is -2.49. The summed E-state index contributed by atoms with van der Waals surface area (Å²) in [6.07, 6.45) is 6.63. The molecule has 0 aliphatic carbocycles. The van der Waals surface area contributed by atoms with Gasteiger partial charge in [0.25, 0.3) is 11.5 Å². The van der Waals surface area contributed by atoms with Gasteiger partial charge in [-0.2, -0.15) is 0 Å². The van der Waals surface area contributed by atoms with E-state index in [0.717, 1.165) is 99.2 Å². The molecule has 9 heteroatoms. The number of amides is 1. The number of benzene rings is 1. The molecule has 1 aromatic carbocycles. The van der Waals surface area contributed by atoms with Crippen LogP contribution in [-0.4, -0.2) is 98.5 Å². The molecule has 2 aromatic rings. The highest BCUT2D eigenvalue weighted by molar-refractivity contribution is 6.04. The second kappa shape index (κ2) is 13.1. The van der Waals surface area contributed by atoms with Crippen LogP contribution in [0.25, 0.3) is 17.0 Å². The van der Waals surface area contributed by atoms with E-state index in [1.807, 2.05) is 32.1 Å². The number of rotatable bonds is 8. The molecule has 3 saturated heterocycles. The third-order valence-corrected chi connectivity index (χ3v) is 9.34. The first-order valence-corrected chi connectivity index (χ1v) is 15.3. The van der Waals surface area contributed by atoms with Crippen LogP contribution in [0.4, 0.5) is 5.69 Å². The van der Waals surface area contributed by atoms with Crippen LogP contribution < -0.4 is 16.2 Å². The second-order valence-corrected chi connectivity index (χ2v) is 12.1. The lowest BCUT2D eigenvalue weighted by molar-refractivity contribution is -0.0439. The maximum Gasteiger partial charge on any atom is 0.257 e. The third-order valence-electron chi connectivity index (χ3n) is 9.34. The van der Waals surface area contributed by atoms with Crippen LogP contribution in [0.3, 0.4) is 0 Å². The van der Waals surface area contributed by atoms with Gasteiger partial charge < -0.3 is 30.0 Å². The molecule has 0 radical (unpaired) electrons. The number of hydrogen-bond donors (Lipinski definition) is 3. The number of nitrogens with zero attached hydrogens (tertiary/aromatic N) is 2. The van der Waals surface area contributed by atoms with Gasteiger partial charge in [0.2, 0.25) is 0 Å². The predicted octanol–water partition coefficient (Wildman–Crippen LogP) is 3.77. The molecule has 1 amide bonds. The van der Waals surface area contributed by atoms with Crippen molar-refractivity contribution in [3.8, 4) is 0 Å². The van der Waals surface area contributed by atoms with Gasteiger partial charge in [-0.25, -0.2) is 0 Å². The summed E-state index contributed by atoms with van der Waals surface area (Å²) in [6.45, 7) is 13.4. The average molecular weight is 566 g/mol. The Labute approximate surface area is 243 Å². The van der Waals surface area contributed by atoms with Crippen molar-refractivity contribution in [2.24, 2.45) is 0 Å². The van der Waals surface area contributed by atoms with Crippen LogP contribution in [0.1, 0.15) is 67.4 Å². The number of aromatic nitrogens is 1. The van der Waals surface area contributed by atoms with E-state index >= 15 is 0 Å². The molecule has 1 aromatic heterocycles. The summed E-state index contributed by atoms with van der Waals surface area (Å²) in [5.74, 6) is -0.0685. The van der Waals surface area contributed by atoms with Crippen LogP contribution in [0.2, 0.25) is 0 Å². The highest BCUT2D eigenvalue weighted by Crippen LogP contribution is 2.32. The molecule has 3 N–H and O–H groups in total. The molecule has 0 spiro atoms. The zero-order valence-corrected chi connectivity index (χ0v) is 25.2. The number of piperidine rings is 1. The third kappa shape index (κ3) is 6.69. The van der Waals surface area contributed by atoms with Crippen molar-refractivity contribution >= 4 is 28.6 Å². The molecule has 9 nitrogen and oxygen atoms in total. The number of H-pyrrole nitrogens is 1. The van der Waals surface area contributed by atoms with Crippen molar-refractivity contribution in [1.82, 2.24) is 20.1 Å². The first-order chi connectivity index (χ1) is 19.8. The number of fused-ring (bicyclic) bond motifs is 1. The summed E-state index contributed by atoms with van der Waals surface area (Å²) in [5, 5.41) is 7.89. The smallest absolute Gasteiger partial charge is 0.257 e. The first-order valence-electron chi connectivity index (χ1n) is 15.3. The molecule has 0 saturated carbocycles. The average Bonchev–Trinajstić information content (AvgIpc) is 2.99. The minimum absolute atomic E-state index is 0.0622. The minimum atomic E-state index is -0.119. The van der Waals surface area contributed by atoms with E-state index in [1.54, 1.807) is 0 Å². The van der Waals surface area contributed by atoms with Gasteiger partial charge in [-0.1, -0.05) is 12.5 Å². The van der Waals surface area contributed by atoms with Crippen LogP contribution in [-0.2, 0) is 9.47 Å². The summed E-state index contributed by atoms with van der Waals surface area (Å²) in [4.78, 5) is 35.1. The lowest BCUT2D eigenvalue weighted by atomic mass is 9.85. The number of aryl methyl sites for hydroxylation is 1. The van der Waals surface area contributed by atoms with Crippen molar-refractivity contribution in [2.45, 2.75) is 64.5 Å². The fourth-order valence-electron chi connectivity index (χ4n) is 6.42. The number of aromatic amines is 1.